The number of hydrogen-bond acceptors (Lipinski definition) is 9. The molecule has 4 atom stereocenters. The Morgan fingerprint density at radius 3 is 1.11 bits per heavy atom. The van der Waals surface area contributed by atoms with Crippen molar-refractivity contribution in [3.63, 3.8) is 0 Å². The maximum atomic E-state index is 10.0. The Kier molecular flexibility index (Phi) is 12.1. The van der Waals surface area contributed by atoms with Crippen LogP contribution >= 0.6 is 0 Å². The number of carboxylic acids is 6. The fourth-order valence-electron chi connectivity index (χ4n) is 0.695. The van der Waals surface area contributed by atoms with Crippen LogP contribution in [0.25, 0.3) is 0 Å². The van der Waals surface area contributed by atoms with Crippen molar-refractivity contribution in [2.45, 2.75) is 37.3 Å². The van der Waals surface area contributed by atoms with Gasteiger partial charge in [0.1, 0.15) is 18.1 Å². The van der Waals surface area contributed by atoms with Crippen LogP contribution in [-0.2, 0) is 28.8 Å². The summed E-state index contributed by atoms with van der Waals surface area (Å²) in [5.74, 6) is -9.08. The first kappa shape index (κ1) is 21.7. The first-order chi connectivity index (χ1) is 13.3. The summed E-state index contributed by atoms with van der Waals surface area (Å²) in [4.78, 5) is 59.5. The van der Waals surface area contributed by atoms with Gasteiger partial charge in [-0.2, -0.15) is 0 Å². The van der Waals surface area contributed by atoms with E-state index in [1.54, 1.807) is 0 Å². The first-order valence-electron chi connectivity index (χ1n) is 7.93. The highest BCUT2D eigenvalue weighted by Gasteiger charge is 2.15. The third-order valence-electron chi connectivity index (χ3n) is 1.86. The number of nitrogens with two attached hydrogens (primary N) is 3. The van der Waals surface area contributed by atoms with Crippen molar-refractivity contribution in [2.75, 3.05) is 0 Å². The van der Waals surface area contributed by atoms with Crippen LogP contribution in [0, 0.1) is 0 Å². The molecule has 0 saturated carbocycles. The largest absolute Gasteiger partial charge is 0.481 e. The Balaban J connectivity index is -0.000000366. The molecule has 0 bridgehead atoms. The zero-order chi connectivity index (χ0) is 25.0. The molecule has 0 heterocycles. The van der Waals surface area contributed by atoms with Gasteiger partial charge in [0, 0.05) is 4.11 Å². The highest BCUT2D eigenvalue weighted by atomic mass is 16.4. The summed E-state index contributed by atoms with van der Waals surface area (Å²) in [6.45, 7) is 0. The molecule has 0 aromatic heterocycles. The van der Waals surface area contributed by atoms with Crippen LogP contribution in [0.2, 0.25) is 0 Å². The zero-order valence-corrected chi connectivity index (χ0v) is 13.4. The lowest BCUT2D eigenvalue weighted by molar-refractivity contribution is -0.144. The monoisotopic (exact) mass is 402 g/mol. The van der Waals surface area contributed by atoms with Crippen molar-refractivity contribution >= 4 is 35.8 Å². The normalized spacial score (nSPS) is 15.9. The third kappa shape index (κ3) is 22.7. The lowest BCUT2D eigenvalue weighted by atomic mass is 10.2. The van der Waals surface area contributed by atoms with Gasteiger partial charge in [-0.05, 0) is 0 Å². The van der Waals surface area contributed by atoms with Crippen LogP contribution < -0.4 is 17.2 Å². The van der Waals surface area contributed by atoms with Gasteiger partial charge in [0.25, 0.3) is 0 Å². The molecule has 0 aromatic carbocycles. The molecule has 0 aliphatic rings. The van der Waals surface area contributed by atoms with Crippen molar-refractivity contribution < 1.29 is 63.5 Å². The molecule has 12 N–H and O–H groups in total. The molecule has 156 valence electrons. The number of aliphatic carboxylic acids is 6. The van der Waals surface area contributed by atoms with E-state index in [-0.39, 0.29) is 0 Å². The van der Waals surface area contributed by atoms with Gasteiger partial charge < -0.3 is 47.8 Å². The van der Waals surface area contributed by atoms with Gasteiger partial charge in [-0.1, -0.05) is 0 Å². The van der Waals surface area contributed by atoms with Crippen molar-refractivity contribution in [1.29, 1.82) is 0 Å². The lowest BCUT2D eigenvalue weighted by Gasteiger charge is -1.99. The molecule has 0 fully saturated rings. The third-order valence-corrected chi connectivity index (χ3v) is 1.86. The summed E-state index contributed by atoms with van der Waals surface area (Å²) >= 11 is 0. The summed E-state index contributed by atoms with van der Waals surface area (Å²) in [5, 5.41) is 48.5. The van der Waals surface area contributed by atoms with Crippen molar-refractivity contribution in [2.24, 2.45) is 17.2 Å². The highest BCUT2D eigenvalue weighted by Crippen LogP contribution is 1.87. The predicted molar refractivity (Wildman–Crippen MR) is 83.6 cm³/mol. The van der Waals surface area contributed by atoms with Crippen LogP contribution in [-0.4, -0.2) is 84.6 Å². The molecule has 0 radical (unpaired) electrons. The summed E-state index contributed by atoms with van der Waals surface area (Å²) in [7, 11) is 0. The van der Waals surface area contributed by atoms with E-state index in [1.165, 1.54) is 0 Å². The molecule has 0 spiro atoms. The van der Waals surface area contributed by atoms with E-state index in [4.69, 9.17) is 52.0 Å². The Hall–Kier alpha value is -3.30. The van der Waals surface area contributed by atoms with Gasteiger partial charge in [0.15, 0.2) is 0 Å². The summed E-state index contributed by atoms with van der Waals surface area (Å²) in [6.07, 6.45) is -5.25. The minimum atomic E-state index is -2.92. The molecular formula is C12H21N3O12. The average molecular weight is 402 g/mol. The van der Waals surface area contributed by atoms with E-state index in [0.717, 1.165) is 0 Å². The van der Waals surface area contributed by atoms with Crippen LogP contribution in [0.1, 0.15) is 23.3 Å². The fourth-order valence-corrected chi connectivity index (χ4v) is 0.695. The Bertz CT molecular complexity index is 642. The minimum Gasteiger partial charge on any atom is -0.481 e. The molecule has 0 aliphatic carbocycles. The van der Waals surface area contributed by atoms with E-state index in [0.29, 0.717) is 0 Å². The molecule has 0 amide bonds. The van der Waals surface area contributed by atoms with E-state index in [2.05, 4.69) is 0 Å². The fraction of sp³-hybridized carbons (Fsp3) is 0.500. The second-order valence-corrected chi connectivity index (χ2v) is 4.18. The molecule has 15 heteroatoms. The maximum absolute atomic E-state index is 10.0. The van der Waals surface area contributed by atoms with Crippen LogP contribution in [0.3, 0.4) is 0 Å². The smallest absolute Gasteiger partial charge is 0.321 e. The van der Waals surface area contributed by atoms with E-state index < -0.39 is 73.1 Å². The molecule has 0 aromatic rings. The van der Waals surface area contributed by atoms with Gasteiger partial charge in [0.05, 0.1) is 19.2 Å². The van der Waals surface area contributed by atoms with Crippen LogP contribution in [0.4, 0.5) is 0 Å². The van der Waals surface area contributed by atoms with Crippen molar-refractivity contribution in [3.05, 3.63) is 0 Å². The molecule has 4 unspecified atom stereocenters. The lowest BCUT2D eigenvalue weighted by Crippen LogP contribution is -2.32. The second-order valence-electron chi connectivity index (χ2n) is 4.18. The topological polar surface area (TPSA) is 302 Å². The van der Waals surface area contributed by atoms with Crippen molar-refractivity contribution in [3.8, 4) is 0 Å². The van der Waals surface area contributed by atoms with E-state index in [1.807, 2.05) is 0 Å². The number of hydrogen-bond donors (Lipinski definition) is 9. The molecular weight excluding hydrogens is 378 g/mol. The SMILES string of the molecule is NC(CC(=O)O)C(=O)O.[2H]C(C(=O)O)C(N)C(=O)O.[2H]C([2H])(C(=O)O)C(N)C(=O)O. The Morgan fingerprint density at radius 2 is 1.00 bits per heavy atom. The van der Waals surface area contributed by atoms with Crippen LogP contribution in [0.15, 0.2) is 0 Å². The van der Waals surface area contributed by atoms with Gasteiger partial charge in [-0.15, -0.1) is 0 Å². The Labute approximate surface area is 155 Å². The first-order valence-corrected chi connectivity index (χ1v) is 6.35. The number of carboxylic acid groups (broad SMARTS) is 6. The Morgan fingerprint density at radius 1 is 0.630 bits per heavy atom. The highest BCUT2D eigenvalue weighted by molar-refractivity contribution is 5.81. The maximum Gasteiger partial charge on any atom is 0.321 e. The average Bonchev–Trinajstić information content (AvgIpc) is 2.59. The standard InChI is InChI=1S/3C4H7NO4/c3*5-2(4(8)9)1-3(6)7/h3*2H,1,5H2,(H,6,7)(H,8,9)/i1D2;1D;. The number of rotatable bonds is 9. The van der Waals surface area contributed by atoms with Gasteiger partial charge in [-0.3, -0.25) is 28.8 Å². The summed E-state index contributed by atoms with van der Waals surface area (Å²) < 4.78 is 20.0. The molecule has 0 saturated heterocycles. The summed E-state index contributed by atoms with van der Waals surface area (Å²) in [6, 6.07) is -4.99. The minimum absolute atomic E-state index is 0.532. The number of carbonyl (C=O) groups is 6. The molecule has 0 aliphatic heterocycles. The second kappa shape index (κ2) is 15.0. The van der Waals surface area contributed by atoms with E-state index in [9.17, 15) is 28.8 Å². The predicted octanol–water partition coefficient (Wildman–Crippen LogP) is -3.38. The van der Waals surface area contributed by atoms with Gasteiger partial charge >= 0.3 is 35.8 Å². The van der Waals surface area contributed by atoms with Gasteiger partial charge in [0.2, 0.25) is 0 Å². The van der Waals surface area contributed by atoms with E-state index >= 15 is 0 Å². The molecule has 27 heavy (non-hydrogen) atoms. The van der Waals surface area contributed by atoms with Crippen molar-refractivity contribution in [1.82, 2.24) is 0 Å². The van der Waals surface area contributed by atoms with Gasteiger partial charge in [-0.25, -0.2) is 0 Å². The molecule has 15 nitrogen and oxygen atoms in total. The molecule has 0 rings (SSSR count). The quantitative estimate of drug-likeness (QED) is 0.181. The zero-order valence-electron chi connectivity index (χ0n) is 16.4. The van der Waals surface area contributed by atoms with Crippen LogP contribution in [0.5, 0.6) is 0 Å². The summed E-state index contributed by atoms with van der Waals surface area (Å²) in [5.41, 5.74) is 14.4.